The van der Waals surface area contributed by atoms with Gasteiger partial charge in [-0.05, 0) is 11.6 Å². The zero-order valence-electron chi connectivity index (χ0n) is 8.54. The highest BCUT2D eigenvalue weighted by Crippen LogP contribution is 2.32. The van der Waals surface area contributed by atoms with Crippen molar-refractivity contribution in [3.8, 4) is 0 Å². The maximum atomic E-state index is 9.86. The Morgan fingerprint density at radius 3 is 2.88 bits per heavy atom. The summed E-state index contributed by atoms with van der Waals surface area (Å²) in [5.74, 6) is 0. The molecule has 80 valence electrons. The average Bonchev–Trinajstić information content (AvgIpc) is 2.33. The van der Waals surface area contributed by atoms with Gasteiger partial charge in [0.05, 0.1) is 5.52 Å². The van der Waals surface area contributed by atoms with E-state index in [1.54, 1.807) is 12.3 Å². The van der Waals surface area contributed by atoms with E-state index in [0.717, 1.165) is 22.0 Å². The van der Waals surface area contributed by atoms with Gasteiger partial charge >= 0.3 is 0 Å². The van der Waals surface area contributed by atoms with E-state index in [0.29, 0.717) is 0 Å². The van der Waals surface area contributed by atoms with Crippen molar-refractivity contribution in [2.75, 3.05) is 0 Å². The van der Waals surface area contributed by atoms with Crippen LogP contribution in [0.5, 0.6) is 0 Å². The Hall–Kier alpha value is -1.71. The highest BCUT2D eigenvalue weighted by molar-refractivity contribution is 5.89. The minimum Gasteiger partial charge on any atom is -0.386 e. The van der Waals surface area contributed by atoms with Gasteiger partial charge in [-0.25, -0.2) is 0 Å². The van der Waals surface area contributed by atoms with Crippen LogP contribution in [0, 0.1) is 0 Å². The van der Waals surface area contributed by atoms with Crippen molar-refractivity contribution in [1.82, 2.24) is 4.98 Å². The highest BCUT2D eigenvalue weighted by Gasteiger charge is 2.23. The number of aromatic nitrogens is 1. The molecule has 1 aliphatic rings. The van der Waals surface area contributed by atoms with E-state index in [4.69, 9.17) is 0 Å². The number of hydrogen-bond donors (Lipinski definition) is 2. The second-order valence-corrected chi connectivity index (χ2v) is 3.94. The van der Waals surface area contributed by atoms with Crippen LogP contribution in [-0.2, 0) is 0 Å². The van der Waals surface area contributed by atoms with Crippen LogP contribution in [0.4, 0.5) is 0 Å². The fraction of sp³-hybridized carbons (Fsp3) is 0.154. The van der Waals surface area contributed by atoms with Crippen LogP contribution in [0.15, 0.2) is 36.5 Å². The number of aliphatic hydroxyl groups excluding tert-OH is 2. The Bertz CT molecular complexity index is 577. The van der Waals surface area contributed by atoms with E-state index in [1.165, 1.54) is 0 Å². The molecule has 0 saturated carbocycles. The van der Waals surface area contributed by atoms with Crippen molar-refractivity contribution < 1.29 is 10.2 Å². The largest absolute Gasteiger partial charge is 0.386 e. The number of aliphatic hydroxyl groups is 2. The molecule has 1 aliphatic carbocycles. The molecule has 1 aromatic carbocycles. The number of hydrogen-bond acceptors (Lipinski definition) is 3. The van der Waals surface area contributed by atoms with Crippen LogP contribution in [-0.4, -0.2) is 21.3 Å². The van der Waals surface area contributed by atoms with Gasteiger partial charge in [-0.3, -0.25) is 4.98 Å². The van der Waals surface area contributed by atoms with Crippen LogP contribution in [0.1, 0.15) is 17.2 Å². The summed E-state index contributed by atoms with van der Waals surface area (Å²) in [7, 11) is 0. The lowest BCUT2D eigenvalue weighted by Crippen LogP contribution is -2.19. The third kappa shape index (κ3) is 1.26. The zero-order valence-corrected chi connectivity index (χ0v) is 8.54. The Kier molecular flexibility index (Phi) is 2.02. The predicted molar refractivity (Wildman–Crippen MR) is 61.7 cm³/mol. The van der Waals surface area contributed by atoms with E-state index in [9.17, 15) is 10.2 Å². The monoisotopic (exact) mass is 213 g/mol. The van der Waals surface area contributed by atoms with Gasteiger partial charge in [0.15, 0.2) is 0 Å². The van der Waals surface area contributed by atoms with E-state index < -0.39 is 12.2 Å². The molecule has 0 fully saturated rings. The quantitative estimate of drug-likeness (QED) is 0.699. The van der Waals surface area contributed by atoms with Gasteiger partial charge in [-0.1, -0.05) is 30.4 Å². The van der Waals surface area contributed by atoms with Crippen molar-refractivity contribution in [2.45, 2.75) is 12.2 Å². The summed E-state index contributed by atoms with van der Waals surface area (Å²) >= 11 is 0. The Morgan fingerprint density at radius 2 is 2.00 bits per heavy atom. The zero-order chi connectivity index (χ0) is 11.1. The topological polar surface area (TPSA) is 53.4 Å². The SMILES string of the molecule is OC1C=Cc2c(ccc3cccnc23)C1O. The van der Waals surface area contributed by atoms with Gasteiger partial charge in [0, 0.05) is 17.1 Å². The first-order valence-electron chi connectivity index (χ1n) is 5.19. The molecule has 0 spiro atoms. The summed E-state index contributed by atoms with van der Waals surface area (Å²) < 4.78 is 0. The minimum atomic E-state index is -0.855. The number of nitrogens with zero attached hydrogens (tertiary/aromatic N) is 1. The summed E-state index contributed by atoms with van der Waals surface area (Å²) in [4.78, 5) is 4.31. The highest BCUT2D eigenvalue weighted by atomic mass is 16.3. The molecule has 3 heteroatoms. The summed E-state index contributed by atoms with van der Waals surface area (Å²) in [6.45, 7) is 0. The van der Waals surface area contributed by atoms with Crippen LogP contribution in [0.3, 0.4) is 0 Å². The Balaban J connectivity index is 2.34. The molecular formula is C13H11NO2. The van der Waals surface area contributed by atoms with Crippen LogP contribution in [0.2, 0.25) is 0 Å². The van der Waals surface area contributed by atoms with Crippen molar-refractivity contribution in [3.63, 3.8) is 0 Å². The minimum absolute atomic E-state index is 0.737. The number of pyridine rings is 1. The summed E-state index contributed by atoms with van der Waals surface area (Å²) in [6.07, 6.45) is 3.47. The smallest absolute Gasteiger partial charge is 0.109 e. The van der Waals surface area contributed by atoms with Gasteiger partial charge < -0.3 is 10.2 Å². The van der Waals surface area contributed by atoms with Crippen LogP contribution in [0.25, 0.3) is 17.0 Å². The Morgan fingerprint density at radius 1 is 1.12 bits per heavy atom. The molecule has 2 N–H and O–H groups in total. The maximum absolute atomic E-state index is 9.86. The number of rotatable bonds is 0. The third-order valence-electron chi connectivity index (χ3n) is 2.95. The molecule has 0 radical (unpaired) electrons. The second kappa shape index (κ2) is 3.40. The molecule has 3 nitrogen and oxygen atoms in total. The molecule has 3 rings (SSSR count). The first kappa shape index (κ1) is 9.51. The van der Waals surface area contributed by atoms with E-state index >= 15 is 0 Å². The fourth-order valence-electron chi connectivity index (χ4n) is 2.10. The molecule has 0 saturated heterocycles. The third-order valence-corrected chi connectivity index (χ3v) is 2.95. The van der Waals surface area contributed by atoms with Gasteiger partial charge in [-0.2, -0.15) is 0 Å². The average molecular weight is 213 g/mol. The summed E-state index contributed by atoms with van der Waals surface area (Å²) in [5.41, 5.74) is 2.50. The van der Waals surface area contributed by atoms with Gasteiger partial charge in [0.1, 0.15) is 12.2 Å². The lowest BCUT2D eigenvalue weighted by molar-refractivity contribution is 0.0471. The maximum Gasteiger partial charge on any atom is 0.109 e. The molecule has 2 aromatic rings. The van der Waals surface area contributed by atoms with Crippen LogP contribution < -0.4 is 0 Å². The van der Waals surface area contributed by atoms with Gasteiger partial charge in [0.25, 0.3) is 0 Å². The van der Waals surface area contributed by atoms with E-state index in [1.807, 2.05) is 30.3 Å². The fourth-order valence-corrected chi connectivity index (χ4v) is 2.10. The molecule has 2 atom stereocenters. The van der Waals surface area contributed by atoms with Crippen LogP contribution >= 0.6 is 0 Å². The molecular weight excluding hydrogens is 202 g/mol. The van der Waals surface area contributed by atoms with Crippen molar-refractivity contribution in [3.05, 3.63) is 47.7 Å². The molecule has 0 amide bonds. The normalized spacial score (nSPS) is 23.4. The van der Waals surface area contributed by atoms with Crippen molar-refractivity contribution in [2.24, 2.45) is 0 Å². The number of benzene rings is 1. The van der Waals surface area contributed by atoms with Gasteiger partial charge in [-0.15, -0.1) is 0 Å². The Labute approximate surface area is 92.7 Å². The first-order chi connectivity index (χ1) is 7.77. The molecule has 0 bridgehead atoms. The number of fused-ring (bicyclic) bond motifs is 3. The predicted octanol–water partition coefficient (Wildman–Crippen LogP) is 1.66. The molecule has 1 heterocycles. The standard InChI is InChI=1S/C13H11NO2/c15-11-6-5-9-10(13(11)16)4-3-8-2-1-7-14-12(8)9/h1-7,11,13,15-16H. The molecule has 2 unspecified atom stereocenters. The summed E-state index contributed by atoms with van der Waals surface area (Å²) in [6, 6.07) is 7.62. The van der Waals surface area contributed by atoms with Crippen molar-refractivity contribution >= 4 is 17.0 Å². The molecule has 1 aromatic heterocycles. The lowest BCUT2D eigenvalue weighted by Gasteiger charge is -2.22. The lowest BCUT2D eigenvalue weighted by atomic mass is 9.91. The van der Waals surface area contributed by atoms with E-state index in [2.05, 4.69) is 4.98 Å². The van der Waals surface area contributed by atoms with E-state index in [-0.39, 0.29) is 0 Å². The molecule has 16 heavy (non-hydrogen) atoms. The molecule has 0 aliphatic heterocycles. The van der Waals surface area contributed by atoms with Crippen molar-refractivity contribution in [1.29, 1.82) is 0 Å². The summed E-state index contributed by atoms with van der Waals surface area (Å²) in [5, 5.41) is 20.4. The van der Waals surface area contributed by atoms with Gasteiger partial charge in [0.2, 0.25) is 0 Å². The second-order valence-electron chi connectivity index (χ2n) is 3.94. The first-order valence-corrected chi connectivity index (χ1v) is 5.19.